The summed E-state index contributed by atoms with van der Waals surface area (Å²) in [4.78, 5) is 41.4. The zero-order valence-corrected chi connectivity index (χ0v) is 17.9. The summed E-state index contributed by atoms with van der Waals surface area (Å²) in [7, 11) is 0. The number of carbonyl (C=O) groups is 1. The number of nitrogens with two attached hydrogens (primary N) is 1. The lowest BCUT2D eigenvalue weighted by Gasteiger charge is -2.25. The molecule has 0 atom stereocenters. The number of halogens is 1. The van der Waals surface area contributed by atoms with Crippen molar-refractivity contribution < 1.29 is 9.18 Å². The average molecular weight is 420 g/mol. The van der Waals surface area contributed by atoms with E-state index in [1.807, 2.05) is 20.8 Å². The minimum absolute atomic E-state index is 0.0357. The Balaban J connectivity index is 2.39. The lowest BCUT2D eigenvalue weighted by Crippen LogP contribution is -2.43. The number of amides is 1. The number of nitrogens with zero attached hydrogens (tertiary/aromatic N) is 2. The Kier molecular flexibility index (Phi) is 7.79. The Morgan fingerprint density at radius 3 is 2.67 bits per heavy atom. The molecule has 2 aromatic rings. The van der Waals surface area contributed by atoms with E-state index in [1.54, 1.807) is 13.0 Å². The van der Waals surface area contributed by atoms with Crippen LogP contribution in [0.4, 0.5) is 21.6 Å². The van der Waals surface area contributed by atoms with Crippen molar-refractivity contribution in [1.82, 2.24) is 9.55 Å². The van der Waals surface area contributed by atoms with Gasteiger partial charge < -0.3 is 16.0 Å². The van der Waals surface area contributed by atoms with Crippen LogP contribution in [0.2, 0.25) is 0 Å². The molecule has 1 heterocycles. The zero-order valence-electron chi connectivity index (χ0n) is 17.9. The number of aryl methyl sites for hydroxylation is 1. The van der Waals surface area contributed by atoms with E-state index < -0.39 is 23.0 Å². The standard InChI is InChI=1S/C21H30FN5O3/c1-5-6-9-26(17(28)11-24-16-10-15(22)8-7-14(16)4)18-19(23)27(12-13(2)3)21(30)25-20(18)29/h7-8,10,13,24H,5-6,9,11-12,23H2,1-4H3,(H,25,29,30). The first-order valence-electron chi connectivity index (χ1n) is 10.1. The molecule has 0 saturated carbocycles. The number of nitrogen functional groups attached to an aromatic ring is 1. The van der Waals surface area contributed by atoms with Crippen LogP contribution in [0.15, 0.2) is 27.8 Å². The fraction of sp³-hybridized carbons (Fsp3) is 0.476. The second-order valence-corrected chi connectivity index (χ2v) is 7.71. The average Bonchev–Trinajstić information content (AvgIpc) is 2.67. The molecule has 30 heavy (non-hydrogen) atoms. The Morgan fingerprint density at radius 2 is 2.03 bits per heavy atom. The van der Waals surface area contributed by atoms with Gasteiger partial charge in [-0.25, -0.2) is 9.18 Å². The number of nitrogens with one attached hydrogen (secondary N) is 2. The lowest BCUT2D eigenvalue weighted by molar-refractivity contribution is -0.117. The van der Waals surface area contributed by atoms with E-state index in [9.17, 15) is 18.8 Å². The highest BCUT2D eigenvalue weighted by molar-refractivity contribution is 5.98. The molecule has 0 unspecified atom stereocenters. The second-order valence-electron chi connectivity index (χ2n) is 7.71. The predicted molar refractivity (Wildman–Crippen MR) is 117 cm³/mol. The van der Waals surface area contributed by atoms with Gasteiger partial charge in [-0.05, 0) is 37.0 Å². The van der Waals surface area contributed by atoms with Crippen LogP contribution in [0.5, 0.6) is 0 Å². The fourth-order valence-electron chi connectivity index (χ4n) is 3.11. The Labute approximate surface area is 174 Å². The monoisotopic (exact) mass is 419 g/mol. The Bertz CT molecular complexity index is 1010. The highest BCUT2D eigenvalue weighted by Gasteiger charge is 2.24. The molecule has 0 spiro atoms. The number of hydrogen-bond acceptors (Lipinski definition) is 5. The number of rotatable bonds is 9. The lowest BCUT2D eigenvalue weighted by atomic mass is 10.2. The molecule has 1 amide bonds. The van der Waals surface area contributed by atoms with Crippen molar-refractivity contribution in [1.29, 1.82) is 0 Å². The molecular formula is C21H30FN5O3. The maximum absolute atomic E-state index is 13.5. The molecule has 2 rings (SSSR count). The third-order valence-corrected chi connectivity index (χ3v) is 4.70. The van der Waals surface area contributed by atoms with Crippen LogP contribution in [-0.2, 0) is 11.3 Å². The van der Waals surface area contributed by atoms with Gasteiger partial charge >= 0.3 is 5.69 Å². The molecule has 1 aromatic heterocycles. The number of carbonyl (C=O) groups excluding carboxylic acids is 1. The SMILES string of the molecule is CCCCN(C(=O)CNc1cc(F)ccc1C)c1c(N)n(CC(C)C)c(=O)[nH]c1=O. The van der Waals surface area contributed by atoms with Crippen molar-refractivity contribution in [3.63, 3.8) is 0 Å². The Hall–Kier alpha value is -3.10. The van der Waals surface area contributed by atoms with Gasteiger partial charge in [-0.1, -0.05) is 33.3 Å². The van der Waals surface area contributed by atoms with Crippen LogP contribution in [-0.4, -0.2) is 28.5 Å². The highest BCUT2D eigenvalue weighted by atomic mass is 19.1. The van der Waals surface area contributed by atoms with Gasteiger partial charge in [0.05, 0.1) is 6.54 Å². The van der Waals surface area contributed by atoms with Gasteiger partial charge in [-0.3, -0.25) is 19.1 Å². The number of anilines is 3. The normalized spacial score (nSPS) is 11.0. The molecule has 1 aromatic carbocycles. The summed E-state index contributed by atoms with van der Waals surface area (Å²) in [6.07, 6.45) is 1.44. The van der Waals surface area contributed by atoms with Crippen LogP contribution < -0.4 is 27.2 Å². The van der Waals surface area contributed by atoms with Crippen LogP contribution in [0.3, 0.4) is 0 Å². The maximum atomic E-state index is 13.5. The van der Waals surface area contributed by atoms with Gasteiger partial charge in [-0.15, -0.1) is 0 Å². The third-order valence-electron chi connectivity index (χ3n) is 4.70. The van der Waals surface area contributed by atoms with Crippen LogP contribution in [0.1, 0.15) is 39.2 Å². The summed E-state index contributed by atoms with van der Waals surface area (Å²) < 4.78 is 14.8. The molecule has 4 N–H and O–H groups in total. The number of H-pyrrole nitrogens is 1. The topological polar surface area (TPSA) is 113 Å². The van der Waals surface area contributed by atoms with Crippen molar-refractivity contribution in [2.45, 2.75) is 47.1 Å². The minimum Gasteiger partial charge on any atom is -0.383 e. The predicted octanol–water partition coefficient (Wildman–Crippen LogP) is 2.47. The molecule has 0 fully saturated rings. The van der Waals surface area contributed by atoms with E-state index in [1.165, 1.54) is 21.6 Å². The second kappa shape index (κ2) is 10.1. The summed E-state index contributed by atoms with van der Waals surface area (Å²) in [5, 5.41) is 2.92. The summed E-state index contributed by atoms with van der Waals surface area (Å²) in [5.74, 6) is -0.746. The molecule has 0 aliphatic rings. The van der Waals surface area contributed by atoms with Crippen molar-refractivity contribution in [2.24, 2.45) is 5.92 Å². The van der Waals surface area contributed by atoms with E-state index in [0.717, 1.165) is 12.0 Å². The molecule has 0 bridgehead atoms. The Morgan fingerprint density at radius 1 is 1.33 bits per heavy atom. The van der Waals surface area contributed by atoms with Crippen molar-refractivity contribution in [3.05, 3.63) is 50.4 Å². The van der Waals surface area contributed by atoms with E-state index in [0.29, 0.717) is 18.7 Å². The van der Waals surface area contributed by atoms with Gasteiger partial charge in [0, 0.05) is 18.8 Å². The molecule has 164 valence electrons. The number of aromatic nitrogens is 2. The zero-order chi connectivity index (χ0) is 22.4. The first kappa shape index (κ1) is 23.2. The van der Waals surface area contributed by atoms with Crippen LogP contribution in [0, 0.1) is 18.7 Å². The van der Waals surface area contributed by atoms with Gasteiger partial charge in [0.25, 0.3) is 5.56 Å². The van der Waals surface area contributed by atoms with Gasteiger partial charge in [0.1, 0.15) is 11.6 Å². The summed E-state index contributed by atoms with van der Waals surface area (Å²) >= 11 is 0. The quantitative estimate of drug-likeness (QED) is 0.578. The first-order valence-corrected chi connectivity index (χ1v) is 10.1. The van der Waals surface area contributed by atoms with E-state index in [4.69, 9.17) is 5.73 Å². The highest BCUT2D eigenvalue weighted by Crippen LogP contribution is 2.20. The maximum Gasteiger partial charge on any atom is 0.330 e. The van der Waals surface area contributed by atoms with Crippen molar-refractivity contribution >= 4 is 23.1 Å². The number of unbranched alkanes of at least 4 members (excludes halogenated alkanes) is 1. The van der Waals surface area contributed by atoms with Crippen molar-refractivity contribution in [3.8, 4) is 0 Å². The number of aromatic amines is 1. The fourth-order valence-corrected chi connectivity index (χ4v) is 3.11. The molecular weight excluding hydrogens is 389 g/mol. The third kappa shape index (κ3) is 5.49. The van der Waals surface area contributed by atoms with Gasteiger partial charge in [0.15, 0.2) is 5.69 Å². The minimum atomic E-state index is -0.705. The van der Waals surface area contributed by atoms with Gasteiger partial charge in [-0.2, -0.15) is 0 Å². The molecule has 9 heteroatoms. The molecule has 0 saturated heterocycles. The summed E-state index contributed by atoms with van der Waals surface area (Å²) in [6.45, 7) is 8.02. The summed E-state index contributed by atoms with van der Waals surface area (Å²) in [5.41, 5.74) is 6.10. The smallest absolute Gasteiger partial charge is 0.330 e. The number of hydrogen-bond donors (Lipinski definition) is 3. The van der Waals surface area contributed by atoms with Gasteiger partial charge in [0.2, 0.25) is 5.91 Å². The van der Waals surface area contributed by atoms with E-state index in [2.05, 4.69) is 10.3 Å². The van der Waals surface area contributed by atoms with Crippen molar-refractivity contribution in [2.75, 3.05) is 29.0 Å². The molecule has 0 aliphatic heterocycles. The van der Waals surface area contributed by atoms with Crippen LogP contribution in [0.25, 0.3) is 0 Å². The summed E-state index contributed by atoms with van der Waals surface area (Å²) in [6, 6.07) is 4.26. The number of benzene rings is 1. The van der Waals surface area contributed by atoms with Crippen LogP contribution >= 0.6 is 0 Å². The largest absolute Gasteiger partial charge is 0.383 e. The molecule has 0 aliphatic carbocycles. The van der Waals surface area contributed by atoms with E-state index >= 15 is 0 Å². The first-order chi connectivity index (χ1) is 14.1. The van der Waals surface area contributed by atoms with E-state index in [-0.39, 0.29) is 30.5 Å². The molecule has 8 nitrogen and oxygen atoms in total. The molecule has 0 radical (unpaired) electrons.